The van der Waals surface area contributed by atoms with Crippen LogP contribution in [0.4, 0.5) is 0 Å². The highest BCUT2D eigenvalue weighted by molar-refractivity contribution is 5.80. The number of nitrogens with one attached hydrogen (secondary N) is 1. The summed E-state index contributed by atoms with van der Waals surface area (Å²) in [7, 11) is 1.82. The number of likely N-dealkylation sites (tertiary alicyclic amines) is 1. The quantitative estimate of drug-likeness (QED) is 0.693. The number of carbonyl (C=O) groups is 2. The lowest BCUT2D eigenvalue weighted by Gasteiger charge is -2.37. The Morgan fingerprint density at radius 3 is 2.69 bits per heavy atom. The first-order valence-electron chi connectivity index (χ1n) is 5.79. The minimum absolute atomic E-state index is 0.104. The van der Waals surface area contributed by atoms with E-state index in [9.17, 15) is 9.59 Å². The number of nitrogens with two attached hydrogens (primary N) is 1. The number of piperidine rings is 1. The molecule has 1 aliphatic rings. The number of rotatable bonds is 4. The normalized spacial score (nSPS) is 25.5. The van der Waals surface area contributed by atoms with Gasteiger partial charge in [-0.25, -0.2) is 0 Å². The van der Waals surface area contributed by atoms with E-state index in [2.05, 4.69) is 5.32 Å². The van der Waals surface area contributed by atoms with Crippen molar-refractivity contribution in [3.05, 3.63) is 0 Å². The van der Waals surface area contributed by atoms with Crippen LogP contribution in [0, 0.1) is 5.92 Å². The molecule has 1 rings (SSSR count). The van der Waals surface area contributed by atoms with Crippen LogP contribution in [-0.4, -0.2) is 42.9 Å². The highest BCUT2D eigenvalue weighted by atomic mass is 16.2. The van der Waals surface area contributed by atoms with Gasteiger partial charge in [0.05, 0.1) is 5.92 Å². The number of primary amides is 1. The van der Waals surface area contributed by atoms with Gasteiger partial charge in [0, 0.05) is 25.6 Å². The maximum atomic E-state index is 11.9. The molecule has 1 saturated heterocycles. The molecule has 5 heteroatoms. The summed E-state index contributed by atoms with van der Waals surface area (Å²) in [6.07, 6.45) is 2.14. The molecule has 1 heterocycles. The van der Waals surface area contributed by atoms with Crippen LogP contribution in [-0.2, 0) is 9.59 Å². The van der Waals surface area contributed by atoms with Crippen molar-refractivity contribution in [1.29, 1.82) is 0 Å². The summed E-state index contributed by atoms with van der Waals surface area (Å²) >= 11 is 0. The molecule has 0 aromatic rings. The van der Waals surface area contributed by atoms with Crippen molar-refractivity contribution in [3.63, 3.8) is 0 Å². The Morgan fingerprint density at radius 1 is 1.44 bits per heavy atom. The minimum atomic E-state index is -0.293. The van der Waals surface area contributed by atoms with Gasteiger partial charge in [-0.1, -0.05) is 0 Å². The SMILES string of the molecule is CNCCC(=O)N1CC(C(N)=O)CCC1C. The van der Waals surface area contributed by atoms with Gasteiger partial charge in [0.2, 0.25) is 11.8 Å². The third-order valence-electron chi connectivity index (χ3n) is 3.19. The van der Waals surface area contributed by atoms with Crippen LogP contribution < -0.4 is 11.1 Å². The van der Waals surface area contributed by atoms with Gasteiger partial charge >= 0.3 is 0 Å². The molecule has 16 heavy (non-hydrogen) atoms. The van der Waals surface area contributed by atoms with Gasteiger partial charge in [0.1, 0.15) is 0 Å². The fraction of sp³-hybridized carbons (Fsp3) is 0.818. The predicted molar refractivity (Wildman–Crippen MR) is 61.6 cm³/mol. The Hall–Kier alpha value is -1.10. The zero-order valence-corrected chi connectivity index (χ0v) is 10.0. The van der Waals surface area contributed by atoms with Crippen molar-refractivity contribution in [2.75, 3.05) is 20.1 Å². The van der Waals surface area contributed by atoms with E-state index >= 15 is 0 Å². The monoisotopic (exact) mass is 227 g/mol. The van der Waals surface area contributed by atoms with Crippen LogP contribution in [0.5, 0.6) is 0 Å². The van der Waals surface area contributed by atoms with Crippen molar-refractivity contribution in [2.24, 2.45) is 11.7 Å². The molecule has 5 nitrogen and oxygen atoms in total. The van der Waals surface area contributed by atoms with Crippen molar-refractivity contribution in [3.8, 4) is 0 Å². The van der Waals surface area contributed by atoms with E-state index in [1.54, 1.807) is 4.90 Å². The molecule has 0 aliphatic carbocycles. The number of carbonyl (C=O) groups excluding carboxylic acids is 2. The molecule has 0 saturated carbocycles. The van der Waals surface area contributed by atoms with E-state index in [1.807, 2.05) is 14.0 Å². The molecule has 2 unspecified atom stereocenters. The molecular formula is C11H21N3O2. The highest BCUT2D eigenvalue weighted by Gasteiger charge is 2.30. The van der Waals surface area contributed by atoms with E-state index in [4.69, 9.17) is 5.73 Å². The summed E-state index contributed by atoms with van der Waals surface area (Å²) < 4.78 is 0. The zero-order valence-electron chi connectivity index (χ0n) is 10.0. The molecule has 0 spiro atoms. The maximum Gasteiger partial charge on any atom is 0.224 e. The predicted octanol–water partition coefficient (Wildman–Crippen LogP) is -0.292. The molecule has 3 N–H and O–H groups in total. The van der Waals surface area contributed by atoms with Gasteiger partial charge in [-0.3, -0.25) is 9.59 Å². The smallest absolute Gasteiger partial charge is 0.224 e. The average Bonchev–Trinajstić information content (AvgIpc) is 2.26. The fourth-order valence-corrected chi connectivity index (χ4v) is 2.06. The van der Waals surface area contributed by atoms with E-state index in [0.717, 1.165) is 12.8 Å². The molecule has 2 atom stereocenters. The molecule has 1 aliphatic heterocycles. The maximum absolute atomic E-state index is 11.9. The Bertz CT molecular complexity index is 268. The standard InChI is InChI=1S/C11H21N3O2/c1-8-3-4-9(11(12)16)7-14(8)10(15)5-6-13-2/h8-9,13H,3-7H2,1-2H3,(H2,12,16). The molecular weight excluding hydrogens is 206 g/mol. The van der Waals surface area contributed by atoms with E-state index in [0.29, 0.717) is 19.5 Å². The zero-order chi connectivity index (χ0) is 12.1. The number of amides is 2. The lowest BCUT2D eigenvalue weighted by molar-refractivity contribution is -0.137. The summed E-state index contributed by atoms with van der Waals surface area (Å²) in [5, 5.41) is 2.95. The van der Waals surface area contributed by atoms with Crippen LogP contribution >= 0.6 is 0 Å². The third-order valence-corrected chi connectivity index (χ3v) is 3.19. The first-order valence-corrected chi connectivity index (χ1v) is 5.79. The molecule has 0 aromatic carbocycles. The third kappa shape index (κ3) is 3.20. The Kier molecular flexibility index (Phi) is 4.73. The molecule has 1 fully saturated rings. The van der Waals surface area contributed by atoms with E-state index in [1.165, 1.54) is 0 Å². The number of hydrogen-bond acceptors (Lipinski definition) is 3. The van der Waals surface area contributed by atoms with Crippen LogP contribution in [0.25, 0.3) is 0 Å². The van der Waals surface area contributed by atoms with Gasteiger partial charge in [-0.2, -0.15) is 0 Å². The molecule has 0 bridgehead atoms. The Balaban J connectivity index is 2.55. The second-order valence-electron chi connectivity index (χ2n) is 4.43. The Labute approximate surface area is 96.4 Å². The highest BCUT2D eigenvalue weighted by Crippen LogP contribution is 2.22. The topological polar surface area (TPSA) is 75.4 Å². The van der Waals surface area contributed by atoms with Crippen LogP contribution in [0.1, 0.15) is 26.2 Å². The van der Waals surface area contributed by atoms with Crippen LogP contribution in [0.2, 0.25) is 0 Å². The first kappa shape index (κ1) is 13.0. The minimum Gasteiger partial charge on any atom is -0.369 e. The summed E-state index contributed by atoms with van der Waals surface area (Å²) in [5.41, 5.74) is 5.29. The molecule has 92 valence electrons. The van der Waals surface area contributed by atoms with Crippen LogP contribution in [0.3, 0.4) is 0 Å². The van der Waals surface area contributed by atoms with Crippen LogP contribution in [0.15, 0.2) is 0 Å². The fourth-order valence-electron chi connectivity index (χ4n) is 2.06. The molecule has 2 amide bonds. The Morgan fingerprint density at radius 2 is 2.12 bits per heavy atom. The van der Waals surface area contributed by atoms with E-state index < -0.39 is 0 Å². The summed E-state index contributed by atoms with van der Waals surface area (Å²) in [6, 6.07) is 0.222. The van der Waals surface area contributed by atoms with Gasteiger partial charge in [-0.05, 0) is 26.8 Å². The molecule has 0 radical (unpaired) electrons. The lowest BCUT2D eigenvalue weighted by Crippen LogP contribution is -2.49. The van der Waals surface area contributed by atoms with Gasteiger partial charge in [0.15, 0.2) is 0 Å². The summed E-state index contributed by atoms with van der Waals surface area (Å²) in [5.74, 6) is -0.360. The van der Waals surface area contributed by atoms with E-state index in [-0.39, 0.29) is 23.8 Å². The summed E-state index contributed by atoms with van der Waals surface area (Å²) in [4.78, 5) is 24.8. The van der Waals surface area contributed by atoms with Crippen molar-refractivity contribution in [1.82, 2.24) is 10.2 Å². The van der Waals surface area contributed by atoms with Gasteiger partial charge in [-0.15, -0.1) is 0 Å². The second kappa shape index (κ2) is 5.84. The second-order valence-corrected chi connectivity index (χ2v) is 4.43. The average molecular weight is 227 g/mol. The van der Waals surface area contributed by atoms with Crippen molar-refractivity contribution < 1.29 is 9.59 Å². The largest absolute Gasteiger partial charge is 0.369 e. The lowest BCUT2D eigenvalue weighted by atomic mass is 9.92. The van der Waals surface area contributed by atoms with Crippen molar-refractivity contribution >= 4 is 11.8 Å². The number of hydrogen-bond donors (Lipinski definition) is 2. The van der Waals surface area contributed by atoms with Gasteiger partial charge < -0.3 is 16.0 Å². The molecule has 0 aromatic heterocycles. The van der Waals surface area contributed by atoms with Gasteiger partial charge in [0.25, 0.3) is 0 Å². The first-order chi connectivity index (χ1) is 7.56. The van der Waals surface area contributed by atoms with Crippen molar-refractivity contribution in [2.45, 2.75) is 32.2 Å². The number of nitrogens with zero attached hydrogens (tertiary/aromatic N) is 1. The summed E-state index contributed by atoms with van der Waals surface area (Å²) in [6.45, 7) is 3.18.